The van der Waals surface area contributed by atoms with Gasteiger partial charge in [-0.2, -0.15) is 0 Å². The van der Waals surface area contributed by atoms with E-state index in [1.54, 1.807) is 6.07 Å². The van der Waals surface area contributed by atoms with Gasteiger partial charge in [-0.1, -0.05) is 12.1 Å². The Bertz CT molecular complexity index is 386. The Labute approximate surface area is 76.0 Å². The van der Waals surface area contributed by atoms with Crippen LogP contribution in [-0.2, 0) is 15.6 Å². The van der Waals surface area contributed by atoms with Crippen molar-refractivity contribution in [3.05, 3.63) is 29.8 Å². The van der Waals surface area contributed by atoms with Crippen LogP contribution >= 0.6 is 0 Å². The van der Waals surface area contributed by atoms with Gasteiger partial charge in [-0.05, 0) is 17.7 Å². The second-order valence-corrected chi connectivity index (χ2v) is 4.93. The van der Waals surface area contributed by atoms with Crippen molar-refractivity contribution in [3.8, 4) is 5.75 Å². The third-order valence-corrected chi connectivity index (χ3v) is 2.27. The Morgan fingerprint density at radius 2 is 2.15 bits per heavy atom. The predicted octanol–water partition coefficient (Wildman–Crippen LogP) is 1.49. The van der Waals surface area contributed by atoms with Crippen molar-refractivity contribution in [1.29, 1.82) is 0 Å². The van der Waals surface area contributed by atoms with Crippen molar-refractivity contribution >= 4 is 9.84 Å². The lowest BCUT2D eigenvalue weighted by Crippen LogP contribution is -2.00. The number of benzene rings is 1. The zero-order valence-electron chi connectivity index (χ0n) is 7.03. The van der Waals surface area contributed by atoms with Crippen molar-refractivity contribution in [3.63, 3.8) is 0 Å². The van der Waals surface area contributed by atoms with Crippen LogP contribution in [0.5, 0.6) is 5.75 Å². The third kappa shape index (κ3) is 3.42. The van der Waals surface area contributed by atoms with Crippen LogP contribution in [0.2, 0.25) is 0 Å². The molecule has 1 aromatic rings. The number of sulfone groups is 1. The van der Waals surface area contributed by atoms with E-state index < -0.39 is 9.84 Å². The molecule has 0 aliphatic carbocycles. The molecule has 0 aliphatic rings. The molecule has 13 heavy (non-hydrogen) atoms. The molecular weight excluding hydrogens is 195 g/mol. The average Bonchev–Trinajstić information content (AvgIpc) is 2.01. The van der Waals surface area contributed by atoms with Crippen molar-refractivity contribution in [2.24, 2.45) is 0 Å². The molecule has 1 rings (SSSR count). The molecule has 0 N–H and O–H groups in total. The quantitative estimate of drug-likeness (QED) is 0.749. The van der Waals surface area contributed by atoms with E-state index in [9.17, 15) is 12.9 Å². The van der Waals surface area contributed by atoms with E-state index >= 15 is 0 Å². The molecule has 0 aliphatic heterocycles. The molecule has 0 saturated carbocycles. The fourth-order valence-electron chi connectivity index (χ4n) is 0.986. The fraction of sp³-hybridized carbons (Fsp3) is 0.250. The second-order valence-electron chi connectivity index (χ2n) is 2.79. The largest absolute Gasteiger partial charge is 0.294 e. The van der Waals surface area contributed by atoms with Gasteiger partial charge in [0.1, 0.15) is 0 Å². The van der Waals surface area contributed by atoms with Crippen LogP contribution in [0.4, 0.5) is 4.53 Å². The first-order valence-electron chi connectivity index (χ1n) is 3.56. The highest BCUT2D eigenvalue weighted by molar-refractivity contribution is 7.89. The molecule has 0 fully saturated rings. The second kappa shape index (κ2) is 3.74. The van der Waals surface area contributed by atoms with E-state index in [1.165, 1.54) is 18.2 Å². The normalized spacial score (nSPS) is 11.2. The van der Waals surface area contributed by atoms with Crippen molar-refractivity contribution in [2.45, 2.75) is 5.75 Å². The standard InChI is InChI=1S/C8H9FO3S/c1-13(10,11)6-7-3-2-4-8(5-7)12-9/h2-5H,6H2,1H3. The van der Waals surface area contributed by atoms with Gasteiger partial charge in [0.2, 0.25) is 0 Å². The Morgan fingerprint density at radius 3 is 2.69 bits per heavy atom. The first-order chi connectivity index (χ1) is 6.01. The highest BCUT2D eigenvalue weighted by atomic mass is 32.2. The maximum atomic E-state index is 11.7. The summed E-state index contributed by atoms with van der Waals surface area (Å²) in [5.74, 6) is -0.0920. The molecule has 0 bridgehead atoms. The minimum Gasteiger partial charge on any atom is -0.294 e. The molecule has 0 amide bonds. The summed E-state index contributed by atoms with van der Waals surface area (Å²) in [5.41, 5.74) is 0.512. The molecule has 0 heterocycles. The predicted molar refractivity (Wildman–Crippen MR) is 46.7 cm³/mol. The maximum Gasteiger partial charge on any atom is 0.172 e. The number of rotatable bonds is 3. The smallest absolute Gasteiger partial charge is 0.172 e. The monoisotopic (exact) mass is 204 g/mol. The van der Waals surface area contributed by atoms with Gasteiger partial charge in [-0.15, -0.1) is 0 Å². The fourth-order valence-corrected chi connectivity index (χ4v) is 1.77. The summed E-state index contributed by atoms with van der Waals surface area (Å²) < 4.78 is 33.4. The molecule has 0 radical (unpaired) electrons. The Morgan fingerprint density at radius 1 is 1.46 bits per heavy atom. The van der Waals surface area contributed by atoms with Crippen molar-refractivity contribution in [2.75, 3.05) is 6.26 Å². The summed E-state index contributed by atoms with van der Waals surface area (Å²) in [6.45, 7) is 0. The number of halogens is 1. The van der Waals surface area contributed by atoms with E-state index in [-0.39, 0.29) is 11.5 Å². The van der Waals surface area contributed by atoms with Crippen LogP contribution in [0, 0.1) is 0 Å². The first kappa shape index (κ1) is 9.98. The average molecular weight is 204 g/mol. The van der Waals surface area contributed by atoms with Gasteiger partial charge < -0.3 is 0 Å². The van der Waals surface area contributed by atoms with Gasteiger partial charge in [0.15, 0.2) is 15.6 Å². The summed E-state index contributed by atoms with van der Waals surface area (Å²) in [6.07, 6.45) is 1.12. The Kier molecular flexibility index (Phi) is 2.87. The van der Waals surface area contributed by atoms with Crippen molar-refractivity contribution in [1.82, 2.24) is 0 Å². The summed E-state index contributed by atoms with van der Waals surface area (Å²) in [6, 6.07) is 5.89. The van der Waals surface area contributed by atoms with Crippen LogP contribution in [0.1, 0.15) is 5.56 Å². The van der Waals surface area contributed by atoms with Crippen LogP contribution < -0.4 is 4.94 Å². The lowest BCUT2D eigenvalue weighted by molar-refractivity contribution is -0.00627. The highest BCUT2D eigenvalue weighted by Crippen LogP contribution is 2.15. The maximum absolute atomic E-state index is 11.7. The minimum atomic E-state index is -3.08. The van der Waals surface area contributed by atoms with Crippen LogP contribution in [0.15, 0.2) is 24.3 Å². The Balaban J connectivity index is 2.90. The highest BCUT2D eigenvalue weighted by Gasteiger charge is 2.05. The summed E-state index contributed by atoms with van der Waals surface area (Å²) in [4.78, 5) is 3.47. The number of hydrogen-bond donors (Lipinski definition) is 0. The molecule has 3 nitrogen and oxygen atoms in total. The lowest BCUT2D eigenvalue weighted by atomic mass is 10.2. The van der Waals surface area contributed by atoms with Crippen LogP contribution in [0.25, 0.3) is 0 Å². The van der Waals surface area contributed by atoms with Gasteiger partial charge in [-0.3, -0.25) is 4.94 Å². The van der Waals surface area contributed by atoms with Gasteiger partial charge in [0, 0.05) is 10.8 Å². The SMILES string of the molecule is CS(=O)(=O)Cc1cccc(OF)c1. The molecule has 5 heteroatoms. The van der Waals surface area contributed by atoms with E-state index in [2.05, 4.69) is 4.94 Å². The Hall–Kier alpha value is -1.10. The van der Waals surface area contributed by atoms with Crippen molar-refractivity contribution < 1.29 is 17.9 Å². The molecule has 0 aromatic heterocycles. The summed E-state index contributed by atoms with van der Waals surface area (Å²) >= 11 is 0. The van der Waals surface area contributed by atoms with Crippen LogP contribution in [-0.4, -0.2) is 14.7 Å². The first-order valence-corrected chi connectivity index (χ1v) is 5.62. The lowest BCUT2D eigenvalue weighted by Gasteiger charge is -1.99. The summed E-state index contributed by atoms with van der Waals surface area (Å²) in [7, 11) is -3.08. The van der Waals surface area contributed by atoms with E-state index in [1.807, 2.05) is 0 Å². The minimum absolute atomic E-state index is 0.0150. The summed E-state index contributed by atoms with van der Waals surface area (Å²) in [5, 5.41) is 0. The van der Waals surface area contributed by atoms with Gasteiger partial charge in [0.25, 0.3) is 0 Å². The number of hydrogen-bond acceptors (Lipinski definition) is 3. The van der Waals surface area contributed by atoms with Crippen LogP contribution in [0.3, 0.4) is 0 Å². The van der Waals surface area contributed by atoms with E-state index in [0.29, 0.717) is 5.56 Å². The topological polar surface area (TPSA) is 43.4 Å². The molecule has 1 aromatic carbocycles. The molecule has 0 saturated heterocycles. The molecule has 0 spiro atoms. The van der Waals surface area contributed by atoms with Gasteiger partial charge >= 0.3 is 0 Å². The molecule has 72 valence electrons. The molecule has 0 atom stereocenters. The third-order valence-electron chi connectivity index (χ3n) is 1.42. The zero-order valence-corrected chi connectivity index (χ0v) is 7.84. The molecular formula is C8H9FO3S. The van der Waals surface area contributed by atoms with E-state index in [0.717, 1.165) is 6.26 Å². The van der Waals surface area contributed by atoms with Gasteiger partial charge in [-0.25, -0.2) is 8.42 Å². The van der Waals surface area contributed by atoms with Gasteiger partial charge in [0.05, 0.1) is 5.75 Å². The van der Waals surface area contributed by atoms with E-state index in [4.69, 9.17) is 0 Å². The zero-order chi connectivity index (χ0) is 9.90. The molecule has 0 unspecified atom stereocenters.